The molecule has 1 N–H and O–H groups in total. The smallest absolute Gasteiger partial charge is 0.305 e. The number of carbonyl (C=O) groups excluding carboxylic acids is 2. The van der Waals surface area contributed by atoms with Gasteiger partial charge in [0.25, 0.3) is 11.6 Å². The number of benzene rings is 1. The summed E-state index contributed by atoms with van der Waals surface area (Å²) in [4.78, 5) is 34.4. The lowest BCUT2D eigenvalue weighted by molar-refractivity contribution is -0.387. The molecule has 1 amide bonds. The van der Waals surface area contributed by atoms with Crippen molar-refractivity contribution in [3.05, 3.63) is 40.2 Å². The van der Waals surface area contributed by atoms with Crippen molar-refractivity contribution in [1.29, 1.82) is 0 Å². The molecule has 0 saturated carbocycles. The van der Waals surface area contributed by atoms with E-state index in [4.69, 9.17) is 0 Å². The molecule has 0 bridgehead atoms. The molecule has 1 heterocycles. The largest absolute Gasteiger partial charge is 0.469 e. The molecule has 0 spiro atoms. The molecule has 144 valence electrons. The highest BCUT2D eigenvalue weighted by atomic mass is 32.2. The highest BCUT2D eigenvalue weighted by Crippen LogP contribution is 2.34. The molecule has 27 heavy (non-hydrogen) atoms. The number of nitro benzene ring substituents is 1. The van der Waals surface area contributed by atoms with Gasteiger partial charge in [-0.3, -0.25) is 19.7 Å². The van der Waals surface area contributed by atoms with E-state index < -0.39 is 10.8 Å². The van der Waals surface area contributed by atoms with Crippen LogP contribution in [0.15, 0.2) is 34.6 Å². The highest BCUT2D eigenvalue weighted by Gasteiger charge is 2.20. The fourth-order valence-electron chi connectivity index (χ4n) is 2.15. The number of carbonyl (C=O) groups is 2. The van der Waals surface area contributed by atoms with Crippen LogP contribution < -0.4 is 5.32 Å². The number of aromatic nitrogens is 3. The van der Waals surface area contributed by atoms with Gasteiger partial charge in [0.2, 0.25) is 0 Å². The minimum atomic E-state index is -0.536. The van der Waals surface area contributed by atoms with Crippen LogP contribution in [0.4, 0.5) is 5.69 Å². The van der Waals surface area contributed by atoms with Crippen LogP contribution in [-0.4, -0.2) is 45.2 Å². The van der Waals surface area contributed by atoms with Gasteiger partial charge in [0.05, 0.1) is 16.9 Å². The molecule has 0 aliphatic heterocycles. The lowest BCUT2D eigenvalue weighted by atomic mass is 10.2. The second kappa shape index (κ2) is 9.67. The predicted molar refractivity (Wildman–Crippen MR) is 96.4 cm³/mol. The first kappa shape index (κ1) is 20.4. The summed E-state index contributed by atoms with van der Waals surface area (Å²) in [5.41, 5.74) is 0.0123. The number of ether oxygens (including phenoxy) is 1. The molecule has 0 atom stereocenters. The molecule has 0 saturated heterocycles. The van der Waals surface area contributed by atoms with E-state index in [1.165, 1.54) is 31.6 Å². The normalized spacial score (nSPS) is 10.4. The number of unbranched alkanes of at least 4 members (excludes halogenated alkanes) is 1. The van der Waals surface area contributed by atoms with Crippen LogP contribution in [0, 0.1) is 10.1 Å². The number of nitrogens with one attached hydrogen (secondary N) is 1. The molecule has 0 aliphatic carbocycles. The number of rotatable bonds is 9. The third kappa shape index (κ3) is 5.78. The fraction of sp³-hybridized carbons (Fsp3) is 0.375. The van der Waals surface area contributed by atoms with Crippen molar-refractivity contribution >= 4 is 29.3 Å². The minimum Gasteiger partial charge on any atom is -0.469 e. The van der Waals surface area contributed by atoms with Gasteiger partial charge >= 0.3 is 5.97 Å². The number of esters is 1. The maximum Gasteiger partial charge on any atom is 0.305 e. The molecular weight excluding hydrogens is 374 g/mol. The van der Waals surface area contributed by atoms with Crippen molar-refractivity contribution in [3.8, 4) is 0 Å². The fourth-order valence-corrected chi connectivity index (χ4v) is 3.00. The Kier molecular flexibility index (Phi) is 7.29. The molecule has 1 aromatic heterocycles. The Morgan fingerprint density at radius 2 is 2.15 bits per heavy atom. The van der Waals surface area contributed by atoms with Crippen molar-refractivity contribution in [2.75, 3.05) is 13.7 Å². The number of hydrogen-bond acceptors (Lipinski definition) is 8. The molecule has 11 heteroatoms. The number of nitrogens with zero attached hydrogens (tertiary/aromatic N) is 4. The van der Waals surface area contributed by atoms with Crippen LogP contribution in [-0.2, 0) is 16.6 Å². The van der Waals surface area contributed by atoms with Crippen LogP contribution >= 0.6 is 11.8 Å². The number of nitro groups is 1. The van der Waals surface area contributed by atoms with Crippen LogP contribution in [0.1, 0.15) is 29.6 Å². The van der Waals surface area contributed by atoms with Crippen LogP contribution in [0.3, 0.4) is 0 Å². The maximum atomic E-state index is 12.2. The van der Waals surface area contributed by atoms with Crippen molar-refractivity contribution in [1.82, 2.24) is 20.1 Å². The molecule has 2 aromatic rings. The van der Waals surface area contributed by atoms with E-state index in [1.807, 2.05) is 0 Å². The molecule has 0 aliphatic rings. The van der Waals surface area contributed by atoms with E-state index in [2.05, 4.69) is 20.3 Å². The second-order valence-electron chi connectivity index (χ2n) is 5.56. The number of amides is 1. The van der Waals surface area contributed by atoms with E-state index in [0.29, 0.717) is 29.4 Å². The Labute approximate surface area is 159 Å². The van der Waals surface area contributed by atoms with Gasteiger partial charge in [-0.1, -0.05) is 0 Å². The van der Waals surface area contributed by atoms with E-state index >= 15 is 0 Å². The monoisotopic (exact) mass is 393 g/mol. The Balaban J connectivity index is 2.00. The maximum absolute atomic E-state index is 12.2. The summed E-state index contributed by atoms with van der Waals surface area (Å²) in [5, 5.41) is 22.2. The van der Waals surface area contributed by atoms with Gasteiger partial charge in [0.1, 0.15) is 6.33 Å². The van der Waals surface area contributed by atoms with E-state index in [-0.39, 0.29) is 23.6 Å². The Hall–Kier alpha value is -2.95. The quantitative estimate of drug-likeness (QED) is 0.296. The van der Waals surface area contributed by atoms with Gasteiger partial charge < -0.3 is 14.6 Å². The van der Waals surface area contributed by atoms with Gasteiger partial charge in [-0.25, -0.2) is 0 Å². The lowest BCUT2D eigenvalue weighted by Gasteiger charge is -2.07. The zero-order valence-electron chi connectivity index (χ0n) is 14.9. The van der Waals surface area contributed by atoms with Crippen LogP contribution in [0.25, 0.3) is 0 Å². The topological polar surface area (TPSA) is 129 Å². The van der Waals surface area contributed by atoms with E-state index in [0.717, 1.165) is 11.8 Å². The first-order valence-electron chi connectivity index (χ1n) is 8.07. The predicted octanol–water partition coefficient (Wildman–Crippen LogP) is 1.95. The van der Waals surface area contributed by atoms with E-state index in [9.17, 15) is 19.7 Å². The SMILES string of the molecule is COC(=O)CCCCNC(=O)c1ccc(Sc2nncn2C)c([N+](=O)[O-])c1. The third-order valence-corrected chi connectivity index (χ3v) is 4.73. The second-order valence-corrected chi connectivity index (χ2v) is 6.56. The molecule has 0 unspecified atom stereocenters. The average Bonchev–Trinajstić information content (AvgIpc) is 3.05. The Morgan fingerprint density at radius 3 is 2.78 bits per heavy atom. The van der Waals surface area contributed by atoms with Gasteiger partial charge in [-0.2, -0.15) is 0 Å². The van der Waals surface area contributed by atoms with E-state index in [1.54, 1.807) is 11.6 Å². The number of aryl methyl sites for hydroxylation is 1. The first-order valence-corrected chi connectivity index (χ1v) is 8.89. The van der Waals surface area contributed by atoms with Crippen LogP contribution in [0.5, 0.6) is 0 Å². The summed E-state index contributed by atoms with van der Waals surface area (Å²) in [6.07, 6.45) is 2.96. The van der Waals surface area contributed by atoms with Gasteiger partial charge in [0.15, 0.2) is 5.16 Å². The van der Waals surface area contributed by atoms with Crippen molar-refractivity contribution < 1.29 is 19.2 Å². The molecule has 10 nitrogen and oxygen atoms in total. The molecule has 2 rings (SSSR count). The number of methoxy groups -OCH3 is 1. The highest BCUT2D eigenvalue weighted by molar-refractivity contribution is 7.99. The van der Waals surface area contributed by atoms with Gasteiger partial charge in [0, 0.05) is 31.6 Å². The standard InChI is InChI=1S/C16H19N5O5S/c1-20-10-18-19-16(20)27-13-7-6-11(9-12(13)21(24)25)15(23)17-8-4-3-5-14(22)26-2/h6-7,9-10H,3-5,8H2,1-2H3,(H,17,23). The zero-order valence-corrected chi connectivity index (χ0v) is 15.7. The van der Waals surface area contributed by atoms with Gasteiger partial charge in [-0.15, -0.1) is 10.2 Å². The molecule has 0 radical (unpaired) electrons. The first-order chi connectivity index (χ1) is 12.9. The summed E-state index contributed by atoms with van der Waals surface area (Å²) < 4.78 is 6.18. The van der Waals surface area contributed by atoms with Gasteiger partial charge in [-0.05, 0) is 36.7 Å². The third-order valence-electron chi connectivity index (χ3n) is 3.61. The Morgan fingerprint density at radius 1 is 1.37 bits per heavy atom. The lowest BCUT2D eigenvalue weighted by Crippen LogP contribution is -2.24. The summed E-state index contributed by atoms with van der Waals surface area (Å²) in [6.45, 7) is 0.360. The molecule has 1 aromatic carbocycles. The Bertz CT molecular complexity index is 838. The average molecular weight is 393 g/mol. The summed E-state index contributed by atoms with van der Waals surface area (Å²) >= 11 is 1.10. The molecule has 0 fully saturated rings. The number of hydrogen-bond donors (Lipinski definition) is 1. The summed E-state index contributed by atoms with van der Waals surface area (Å²) in [5.74, 6) is -0.709. The van der Waals surface area contributed by atoms with Crippen molar-refractivity contribution in [2.45, 2.75) is 29.3 Å². The molecular formula is C16H19N5O5S. The zero-order chi connectivity index (χ0) is 19.8. The van der Waals surface area contributed by atoms with Crippen molar-refractivity contribution in [3.63, 3.8) is 0 Å². The summed E-state index contributed by atoms with van der Waals surface area (Å²) in [7, 11) is 3.06. The minimum absolute atomic E-state index is 0.179. The van der Waals surface area contributed by atoms with Crippen LogP contribution in [0.2, 0.25) is 0 Å². The van der Waals surface area contributed by atoms with Crippen molar-refractivity contribution in [2.24, 2.45) is 7.05 Å². The summed E-state index contributed by atoms with van der Waals surface area (Å²) in [6, 6.07) is 4.28.